The SMILES string of the molecule is CCC(CC)n1cc(C(=[NH2+])[C@@H](C)C2CC=NN(/C=C/c3cnn([C@@H](C)CO)c3)C2)cn1. The fourth-order valence-electron chi connectivity index (χ4n) is 3.91. The van der Waals surface area contributed by atoms with E-state index in [9.17, 15) is 5.11 Å². The van der Waals surface area contributed by atoms with E-state index in [1.807, 2.05) is 47.5 Å². The average molecular weight is 427 g/mol. The van der Waals surface area contributed by atoms with Crippen LogP contribution < -0.4 is 5.41 Å². The van der Waals surface area contributed by atoms with Crippen LogP contribution in [0.4, 0.5) is 0 Å². The van der Waals surface area contributed by atoms with Crippen LogP contribution >= 0.6 is 0 Å². The molecule has 2 aromatic heterocycles. The molecule has 0 aromatic carbocycles. The van der Waals surface area contributed by atoms with Gasteiger partial charge in [-0.2, -0.15) is 15.3 Å². The zero-order chi connectivity index (χ0) is 22.4. The smallest absolute Gasteiger partial charge is 0.186 e. The van der Waals surface area contributed by atoms with Gasteiger partial charge in [0.1, 0.15) is 0 Å². The van der Waals surface area contributed by atoms with Gasteiger partial charge in [0.2, 0.25) is 0 Å². The second kappa shape index (κ2) is 10.5. The molecule has 0 bridgehead atoms. The number of hydrogen-bond donors (Lipinski definition) is 2. The number of aliphatic hydroxyl groups excluding tert-OH is 1. The Morgan fingerprint density at radius 3 is 2.65 bits per heavy atom. The Morgan fingerprint density at radius 2 is 1.94 bits per heavy atom. The number of rotatable bonds is 10. The lowest BCUT2D eigenvalue weighted by Crippen LogP contribution is -2.48. The summed E-state index contributed by atoms with van der Waals surface area (Å²) in [5.74, 6) is 0.589. The van der Waals surface area contributed by atoms with Crippen LogP contribution in [-0.2, 0) is 0 Å². The summed E-state index contributed by atoms with van der Waals surface area (Å²) in [7, 11) is 0. The highest BCUT2D eigenvalue weighted by molar-refractivity contribution is 5.97. The molecule has 0 spiro atoms. The number of aromatic nitrogens is 4. The Morgan fingerprint density at radius 1 is 1.19 bits per heavy atom. The molecule has 3 atom stereocenters. The van der Waals surface area contributed by atoms with Crippen molar-refractivity contribution in [1.29, 1.82) is 0 Å². The molecule has 8 nitrogen and oxygen atoms in total. The molecule has 0 saturated heterocycles. The predicted octanol–water partition coefficient (Wildman–Crippen LogP) is 2.16. The van der Waals surface area contributed by atoms with Crippen molar-refractivity contribution in [2.24, 2.45) is 16.9 Å². The quantitative estimate of drug-likeness (QED) is 0.569. The van der Waals surface area contributed by atoms with Crippen LogP contribution in [0.15, 0.2) is 36.1 Å². The van der Waals surface area contributed by atoms with Gasteiger partial charge >= 0.3 is 0 Å². The fraction of sp³-hybridized carbons (Fsp3) is 0.565. The summed E-state index contributed by atoms with van der Waals surface area (Å²) in [5.41, 5.74) is 2.89. The highest BCUT2D eigenvalue weighted by Crippen LogP contribution is 2.24. The molecular formula is C23H36N7O+. The van der Waals surface area contributed by atoms with Crippen molar-refractivity contribution in [3.63, 3.8) is 0 Å². The Bertz CT molecular complexity index is 909. The summed E-state index contributed by atoms with van der Waals surface area (Å²) in [6.45, 7) is 9.36. The molecule has 1 aliphatic rings. The second-order valence-corrected chi connectivity index (χ2v) is 8.44. The van der Waals surface area contributed by atoms with Crippen LogP contribution in [0.3, 0.4) is 0 Å². The minimum Gasteiger partial charge on any atom is -0.394 e. The van der Waals surface area contributed by atoms with Crippen LogP contribution in [0.25, 0.3) is 6.08 Å². The van der Waals surface area contributed by atoms with Gasteiger partial charge < -0.3 is 5.11 Å². The average Bonchev–Trinajstić information content (AvgIpc) is 3.47. The van der Waals surface area contributed by atoms with Crippen LogP contribution in [0.2, 0.25) is 0 Å². The largest absolute Gasteiger partial charge is 0.394 e. The van der Waals surface area contributed by atoms with Gasteiger partial charge in [0.05, 0.1) is 36.6 Å². The molecule has 31 heavy (non-hydrogen) atoms. The number of nitrogens with zero attached hydrogens (tertiary/aromatic N) is 6. The minimum atomic E-state index is -0.0341. The predicted molar refractivity (Wildman–Crippen MR) is 123 cm³/mol. The van der Waals surface area contributed by atoms with Crippen molar-refractivity contribution in [2.45, 2.75) is 59.0 Å². The normalized spacial score (nSPS) is 18.8. The van der Waals surface area contributed by atoms with Gasteiger partial charge in [0.15, 0.2) is 5.71 Å². The van der Waals surface area contributed by atoms with E-state index in [2.05, 4.69) is 42.3 Å². The Hall–Kier alpha value is -2.74. The van der Waals surface area contributed by atoms with E-state index in [1.165, 1.54) is 0 Å². The molecule has 8 heteroatoms. The number of nitrogens with two attached hydrogens (primary N) is 1. The third-order valence-electron chi connectivity index (χ3n) is 6.29. The molecule has 0 aliphatic carbocycles. The maximum Gasteiger partial charge on any atom is 0.186 e. The molecule has 1 aliphatic heterocycles. The summed E-state index contributed by atoms with van der Waals surface area (Å²) in [6, 6.07) is 0.386. The first kappa shape index (κ1) is 22.9. The third kappa shape index (κ3) is 5.50. The maximum atomic E-state index is 9.27. The lowest BCUT2D eigenvalue weighted by molar-refractivity contribution is -0.120. The van der Waals surface area contributed by atoms with Crippen molar-refractivity contribution >= 4 is 18.0 Å². The number of hydrogen-bond acceptors (Lipinski definition) is 5. The molecule has 3 rings (SSSR count). The van der Waals surface area contributed by atoms with E-state index < -0.39 is 0 Å². The zero-order valence-electron chi connectivity index (χ0n) is 19.1. The van der Waals surface area contributed by atoms with Crippen LogP contribution in [-0.4, -0.2) is 54.8 Å². The summed E-state index contributed by atoms with van der Waals surface area (Å²) < 4.78 is 3.81. The van der Waals surface area contributed by atoms with Crippen LogP contribution in [0, 0.1) is 11.8 Å². The van der Waals surface area contributed by atoms with Gasteiger partial charge in [-0.1, -0.05) is 20.8 Å². The van der Waals surface area contributed by atoms with Gasteiger partial charge in [-0.15, -0.1) is 0 Å². The summed E-state index contributed by atoms with van der Waals surface area (Å²) in [6.07, 6.45) is 16.6. The molecule has 3 heterocycles. The molecule has 1 unspecified atom stereocenters. The van der Waals surface area contributed by atoms with Gasteiger partial charge in [-0.05, 0) is 38.2 Å². The Labute approximate surface area is 184 Å². The second-order valence-electron chi connectivity index (χ2n) is 8.44. The van der Waals surface area contributed by atoms with Crippen molar-refractivity contribution in [3.8, 4) is 0 Å². The van der Waals surface area contributed by atoms with Crippen LogP contribution in [0.1, 0.15) is 70.2 Å². The summed E-state index contributed by atoms with van der Waals surface area (Å²) in [4.78, 5) is 0. The van der Waals surface area contributed by atoms with E-state index in [-0.39, 0.29) is 18.6 Å². The lowest BCUT2D eigenvalue weighted by atomic mass is 9.85. The Kier molecular flexibility index (Phi) is 7.79. The highest BCUT2D eigenvalue weighted by Gasteiger charge is 2.29. The van der Waals surface area contributed by atoms with Crippen molar-refractivity contribution in [1.82, 2.24) is 24.6 Å². The highest BCUT2D eigenvalue weighted by atomic mass is 16.3. The molecule has 0 radical (unpaired) electrons. The third-order valence-corrected chi connectivity index (χ3v) is 6.29. The van der Waals surface area contributed by atoms with Gasteiger partial charge in [0, 0.05) is 42.8 Å². The molecule has 168 valence electrons. The van der Waals surface area contributed by atoms with E-state index >= 15 is 0 Å². The topological polar surface area (TPSA) is 97.1 Å². The van der Waals surface area contributed by atoms with E-state index in [0.717, 1.165) is 42.6 Å². The molecule has 0 saturated carbocycles. The first-order chi connectivity index (χ1) is 15.0. The molecule has 2 aromatic rings. The molecule has 0 amide bonds. The van der Waals surface area contributed by atoms with Gasteiger partial charge in [-0.3, -0.25) is 19.8 Å². The monoisotopic (exact) mass is 426 g/mol. The standard InChI is InChI=1S/C23H35N7O/c1-5-22(6-2)30-15-21(12-27-30)23(24)18(4)20-7-9-25-28(14-20)10-8-19-11-26-29(13-19)17(3)16-31/h8-13,15,17-18,20,22,24,31H,5-7,14,16H2,1-4H3/p+1/b10-8+,24-23?/t17-,18-,20?/m0/s1. The Balaban J connectivity index is 1.62. The van der Waals surface area contributed by atoms with Gasteiger partial charge in [-0.25, -0.2) is 0 Å². The first-order valence-corrected chi connectivity index (χ1v) is 11.3. The summed E-state index contributed by atoms with van der Waals surface area (Å²) in [5, 5.41) is 31.1. The number of hydrazone groups is 1. The first-order valence-electron chi connectivity index (χ1n) is 11.3. The van der Waals surface area contributed by atoms with Crippen molar-refractivity contribution in [3.05, 3.63) is 42.1 Å². The van der Waals surface area contributed by atoms with E-state index in [0.29, 0.717) is 12.0 Å². The van der Waals surface area contributed by atoms with Crippen LogP contribution in [0.5, 0.6) is 0 Å². The zero-order valence-corrected chi connectivity index (χ0v) is 19.1. The molecular weight excluding hydrogens is 390 g/mol. The summed E-state index contributed by atoms with van der Waals surface area (Å²) >= 11 is 0. The maximum absolute atomic E-state index is 9.27. The van der Waals surface area contributed by atoms with Crippen molar-refractivity contribution < 1.29 is 10.5 Å². The number of aliphatic hydroxyl groups is 1. The minimum absolute atomic E-state index is 0.0341. The molecule has 0 fully saturated rings. The van der Waals surface area contributed by atoms with E-state index in [4.69, 9.17) is 5.41 Å². The van der Waals surface area contributed by atoms with Crippen molar-refractivity contribution in [2.75, 3.05) is 13.2 Å². The van der Waals surface area contributed by atoms with Gasteiger partial charge in [0.25, 0.3) is 0 Å². The fourth-order valence-corrected chi connectivity index (χ4v) is 3.91. The van der Waals surface area contributed by atoms with E-state index in [1.54, 1.807) is 10.9 Å². The lowest BCUT2D eigenvalue weighted by Gasteiger charge is -2.28. The molecule has 3 N–H and O–H groups in total.